The second kappa shape index (κ2) is 4.42. The van der Waals surface area contributed by atoms with Gasteiger partial charge in [0.1, 0.15) is 0 Å². The SMILES string of the molecule is CC(C)S(=O)(=O)c1cccc(S(=O)O)c1. The molecule has 84 valence electrons. The maximum absolute atomic E-state index is 11.7. The standard InChI is InChI=1S/C9H12O4S2/c1-7(2)15(12,13)9-5-3-4-8(6-9)14(10)11/h3-7H,1-2H3,(H,10,11). The summed E-state index contributed by atoms with van der Waals surface area (Å²) in [5.41, 5.74) is 0. The largest absolute Gasteiger partial charge is 0.302 e. The van der Waals surface area contributed by atoms with Crippen LogP contribution in [-0.2, 0) is 20.9 Å². The number of rotatable bonds is 3. The Morgan fingerprint density at radius 2 is 1.93 bits per heavy atom. The third-order valence-corrected chi connectivity index (χ3v) is 4.77. The highest BCUT2D eigenvalue weighted by molar-refractivity contribution is 7.92. The molecule has 0 bridgehead atoms. The smallest absolute Gasteiger partial charge is 0.186 e. The predicted molar refractivity (Wildman–Crippen MR) is 57.8 cm³/mol. The van der Waals surface area contributed by atoms with Crippen LogP contribution in [0.2, 0.25) is 0 Å². The molecule has 0 heterocycles. The molecule has 1 N–H and O–H groups in total. The van der Waals surface area contributed by atoms with E-state index in [4.69, 9.17) is 4.55 Å². The second-order valence-corrected chi connectivity index (χ2v) is 6.79. The van der Waals surface area contributed by atoms with Gasteiger partial charge in [-0.1, -0.05) is 6.07 Å². The van der Waals surface area contributed by atoms with Crippen LogP contribution in [0, 0.1) is 0 Å². The van der Waals surface area contributed by atoms with Crippen LogP contribution in [0.1, 0.15) is 13.8 Å². The molecule has 0 spiro atoms. The van der Waals surface area contributed by atoms with Crippen molar-refractivity contribution in [3.8, 4) is 0 Å². The molecule has 6 heteroatoms. The van der Waals surface area contributed by atoms with Gasteiger partial charge in [-0.2, -0.15) is 0 Å². The third kappa shape index (κ3) is 2.64. The van der Waals surface area contributed by atoms with Gasteiger partial charge >= 0.3 is 0 Å². The van der Waals surface area contributed by atoms with E-state index < -0.39 is 26.2 Å². The Morgan fingerprint density at radius 1 is 1.33 bits per heavy atom. The Bertz CT molecular complexity index is 477. The topological polar surface area (TPSA) is 71.4 Å². The lowest BCUT2D eigenvalue weighted by atomic mass is 10.4. The van der Waals surface area contributed by atoms with Crippen molar-refractivity contribution >= 4 is 20.9 Å². The molecule has 0 amide bonds. The van der Waals surface area contributed by atoms with Gasteiger partial charge in [-0.3, -0.25) is 0 Å². The predicted octanol–water partition coefficient (Wildman–Crippen LogP) is 1.45. The lowest BCUT2D eigenvalue weighted by Crippen LogP contribution is -2.14. The normalized spacial score (nSPS) is 14.1. The minimum atomic E-state index is -3.38. The van der Waals surface area contributed by atoms with E-state index in [9.17, 15) is 12.6 Å². The summed E-state index contributed by atoms with van der Waals surface area (Å²) in [7, 11) is -3.38. The average Bonchev–Trinajstić information content (AvgIpc) is 2.17. The van der Waals surface area contributed by atoms with Crippen LogP contribution in [-0.4, -0.2) is 22.4 Å². The molecular weight excluding hydrogens is 236 g/mol. The van der Waals surface area contributed by atoms with E-state index in [1.165, 1.54) is 24.3 Å². The first-order valence-corrected chi connectivity index (χ1v) is 6.96. The van der Waals surface area contributed by atoms with Gasteiger partial charge in [-0.05, 0) is 32.0 Å². The zero-order valence-electron chi connectivity index (χ0n) is 8.38. The summed E-state index contributed by atoms with van der Waals surface area (Å²) in [6.07, 6.45) is 0. The highest BCUT2D eigenvalue weighted by Crippen LogP contribution is 2.18. The summed E-state index contributed by atoms with van der Waals surface area (Å²) in [6, 6.07) is 5.52. The van der Waals surface area contributed by atoms with Crippen LogP contribution in [0.5, 0.6) is 0 Å². The first kappa shape index (κ1) is 12.4. The monoisotopic (exact) mass is 248 g/mol. The van der Waals surface area contributed by atoms with Crippen LogP contribution in [0.3, 0.4) is 0 Å². The zero-order chi connectivity index (χ0) is 11.6. The van der Waals surface area contributed by atoms with Gasteiger partial charge in [0.15, 0.2) is 20.9 Å². The van der Waals surface area contributed by atoms with Crippen LogP contribution >= 0.6 is 0 Å². The molecule has 15 heavy (non-hydrogen) atoms. The Morgan fingerprint density at radius 3 is 2.40 bits per heavy atom. The van der Waals surface area contributed by atoms with Crippen molar-refractivity contribution in [3.05, 3.63) is 24.3 Å². The summed E-state index contributed by atoms with van der Waals surface area (Å²) in [4.78, 5) is 0.175. The van der Waals surface area contributed by atoms with Gasteiger partial charge in [-0.15, -0.1) is 0 Å². The van der Waals surface area contributed by atoms with E-state index in [0.29, 0.717) is 0 Å². The maximum atomic E-state index is 11.7. The molecule has 0 aromatic heterocycles. The number of benzene rings is 1. The molecule has 4 nitrogen and oxygen atoms in total. The molecule has 0 aliphatic heterocycles. The van der Waals surface area contributed by atoms with E-state index in [1.54, 1.807) is 13.8 Å². The van der Waals surface area contributed by atoms with Gasteiger partial charge < -0.3 is 4.55 Å². The van der Waals surface area contributed by atoms with Crippen molar-refractivity contribution in [1.29, 1.82) is 0 Å². The fourth-order valence-electron chi connectivity index (χ4n) is 1.03. The molecule has 1 aromatic carbocycles. The number of hydrogen-bond donors (Lipinski definition) is 1. The minimum absolute atomic E-state index is 0.0809. The molecular formula is C9H12O4S2. The first-order chi connectivity index (χ1) is 6.85. The number of hydrogen-bond acceptors (Lipinski definition) is 3. The quantitative estimate of drug-likeness (QED) is 0.822. The van der Waals surface area contributed by atoms with E-state index in [2.05, 4.69) is 0 Å². The fraction of sp³-hybridized carbons (Fsp3) is 0.333. The number of sulfone groups is 1. The Balaban J connectivity index is 3.29. The molecule has 0 fully saturated rings. The minimum Gasteiger partial charge on any atom is -0.302 e. The van der Waals surface area contributed by atoms with Crippen LogP contribution in [0.25, 0.3) is 0 Å². The Kier molecular flexibility index (Phi) is 3.64. The molecule has 0 aliphatic rings. The Labute approximate surface area is 91.5 Å². The van der Waals surface area contributed by atoms with Gasteiger partial charge in [0, 0.05) is 0 Å². The van der Waals surface area contributed by atoms with Crippen LogP contribution in [0.15, 0.2) is 34.1 Å². The molecule has 1 atom stereocenters. The fourth-order valence-corrected chi connectivity index (χ4v) is 2.63. The van der Waals surface area contributed by atoms with Gasteiger partial charge in [0.2, 0.25) is 0 Å². The summed E-state index contributed by atoms with van der Waals surface area (Å²) >= 11 is -2.15. The molecule has 1 aromatic rings. The van der Waals surface area contributed by atoms with Crippen molar-refractivity contribution < 1.29 is 17.2 Å². The van der Waals surface area contributed by atoms with E-state index >= 15 is 0 Å². The van der Waals surface area contributed by atoms with Gasteiger partial charge in [0.25, 0.3) is 0 Å². The van der Waals surface area contributed by atoms with E-state index in [1.807, 2.05) is 0 Å². The van der Waals surface area contributed by atoms with Gasteiger partial charge in [-0.25, -0.2) is 12.6 Å². The first-order valence-electron chi connectivity index (χ1n) is 4.30. The van der Waals surface area contributed by atoms with Crippen LogP contribution < -0.4 is 0 Å². The maximum Gasteiger partial charge on any atom is 0.186 e. The molecule has 0 saturated heterocycles. The molecule has 0 saturated carbocycles. The van der Waals surface area contributed by atoms with Crippen molar-refractivity contribution in [2.75, 3.05) is 0 Å². The lowest BCUT2D eigenvalue weighted by Gasteiger charge is -2.07. The summed E-state index contributed by atoms with van der Waals surface area (Å²) in [5.74, 6) is 0. The summed E-state index contributed by atoms with van der Waals surface area (Å²) in [5, 5.41) is -0.542. The van der Waals surface area contributed by atoms with Crippen LogP contribution in [0.4, 0.5) is 0 Å². The van der Waals surface area contributed by atoms with Crippen molar-refractivity contribution in [3.63, 3.8) is 0 Å². The molecule has 0 aliphatic carbocycles. The highest BCUT2D eigenvalue weighted by Gasteiger charge is 2.19. The lowest BCUT2D eigenvalue weighted by molar-refractivity contribution is 0.564. The van der Waals surface area contributed by atoms with E-state index in [0.717, 1.165) is 0 Å². The van der Waals surface area contributed by atoms with Crippen molar-refractivity contribution in [2.45, 2.75) is 28.9 Å². The van der Waals surface area contributed by atoms with Gasteiger partial charge in [0.05, 0.1) is 15.0 Å². The summed E-state index contributed by atoms with van der Waals surface area (Å²) in [6.45, 7) is 3.13. The highest BCUT2D eigenvalue weighted by atomic mass is 32.2. The van der Waals surface area contributed by atoms with Crippen molar-refractivity contribution in [2.24, 2.45) is 0 Å². The second-order valence-electron chi connectivity index (χ2n) is 3.32. The molecule has 1 rings (SSSR count). The average molecular weight is 248 g/mol. The molecule has 1 unspecified atom stereocenters. The third-order valence-electron chi connectivity index (χ3n) is 1.96. The van der Waals surface area contributed by atoms with E-state index in [-0.39, 0.29) is 9.79 Å². The zero-order valence-corrected chi connectivity index (χ0v) is 10.0. The Hall–Kier alpha value is -0.720. The molecule has 0 radical (unpaired) electrons. The summed E-state index contributed by atoms with van der Waals surface area (Å²) < 4.78 is 43.0. The van der Waals surface area contributed by atoms with Crippen molar-refractivity contribution in [1.82, 2.24) is 0 Å².